The summed E-state index contributed by atoms with van der Waals surface area (Å²) in [5, 5.41) is 4.35. The Morgan fingerprint density at radius 3 is 2.88 bits per heavy atom. The molecule has 4 unspecified atom stereocenters. The minimum atomic E-state index is -0.758. The first-order valence-corrected chi connectivity index (χ1v) is 7.22. The number of halogens is 1. The van der Waals surface area contributed by atoms with Crippen LogP contribution in [-0.2, 0) is 10.8 Å². The first kappa shape index (κ1) is 12.1. The number of rotatable bonds is 1. The van der Waals surface area contributed by atoms with Gasteiger partial charge in [-0.15, -0.1) is 0 Å². The molecule has 0 amide bonds. The van der Waals surface area contributed by atoms with E-state index < -0.39 is 10.8 Å². The molecule has 1 aliphatic rings. The molecule has 0 bridgehead atoms. The molecule has 1 aromatic carbocycles. The fourth-order valence-electron chi connectivity index (χ4n) is 2.11. The SMILES string of the molecule is CC1CS(=O)C(C)C(c2cccc(Cl)c2)N1. The van der Waals surface area contributed by atoms with Crippen molar-refractivity contribution < 1.29 is 4.21 Å². The zero-order valence-electron chi connectivity index (χ0n) is 9.44. The van der Waals surface area contributed by atoms with Gasteiger partial charge < -0.3 is 5.32 Å². The van der Waals surface area contributed by atoms with Crippen molar-refractivity contribution in [3.63, 3.8) is 0 Å². The van der Waals surface area contributed by atoms with Crippen molar-refractivity contribution in [2.75, 3.05) is 5.75 Å². The smallest absolute Gasteiger partial charge is 0.0515 e. The molecule has 0 spiro atoms. The summed E-state index contributed by atoms with van der Waals surface area (Å²) in [6.45, 7) is 4.10. The second-order valence-corrected chi connectivity index (χ2v) is 6.63. The van der Waals surface area contributed by atoms with Crippen LogP contribution in [0.25, 0.3) is 0 Å². The zero-order chi connectivity index (χ0) is 11.7. The van der Waals surface area contributed by atoms with Crippen molar-refractivity contribution in [2.45, 2.75) is 31.2 Å². The maximum absolute atomic E-state index is 11.9. The molecule has 0 aromatic heterocycles. The average Bonchev–Trinajstić information content (AvgIpc) is 2.23. The number of nitrogens with one attached hydrogen (secondary N) is 1. The highest BCUT2D eigenvalue weighted by molar-refractivity contribution is 7.85. The van der Waals surface area contributed by atoms with Gasteiger partial charge in [0.25, 0.3) is 0 Å². The minimum Gasteiger partial charge on any atom is -0.305 e. The second-order valence-electron chi connectivity index (χ2n) is 4.35. The number of hydrogen-bond acceptors (Lipinski definition) is 2. The van der Waals surface area contributed by atoms with Gasteiger partial charge in [0.2, 0.25) is 0 Å². The summed E-state index contributed by atoms with van der Waals surface area (Å²) in [4.78, 5) is 0. The summed E-state index contributed by atoms with van der Waals surface area (Å²) >= 11 is 5.98. The molecule has 1 aliphatic heterocycles. The van der Waals surface area contributed by atoms with Gasteiger partial charge in [-0.3, -0.25) is 4.21 Å². The van der Waals surface area contributed by atoms with Gasteiger partial charge in [-0.1, -0.05) is 23.7 Å². The zero-order valence-corrected chi connectivity index (χ0v) is 11.0. The van der Waals surface area contributed by atoms with E-state index in [0.717, 1.165) is 16.3 Å². The molecule has 2 nitrogen and oxygen atoms in total. The normalized spacial score (nSPS) is 34.9. The molecule has 2 rings (SSSR count). The summed E-state index contributed by atoms with van der Waals surface area (Å²) in [6.07, 6.45) is 0. The molecule has 1 saturated heterocycles. The van der Waals surface area contributed by atoms with Gasteiger partial charge in [0.15, 0.2) is 0 Å². The van der Waals surface area contributed by atoms with E-state index in [9.17, 15) is 4.21 Å². The summed E-state index contributed by atoms with van der Waals surface area (Å²) < 4.78 is 11.9. The van der Waals surface area contributed by atoms with Crippen LogP contribution >= 0.6 is 11.6 Å². The molecule has 0 saturated carbocycles. The highest BCUT2D eigenvalue weighted by Crippen LogP contribution is 2.27. The highest BCUT2D eigenvalue weighted by Gasteiger charge is 2.31. The van der Waals surface area contributed by atoms with Crippen molar-refractivity contribution in [1.29, 1.82) is 0 Å². The quantitative estimate of drug-likeness (QED) is 0.838. The van der Waals surface area contributed by atoms with Crippen LogP contribution in [-0.4, -0.2) is 21.3 Å². The predicted molar refractivity (Wildman–Crippen MR) is 69.3 cm³/mol. The lowest BCUT2D eigenvalue weighted by molar-refractivity contribution is 0.447. The van der Waals surface area contributed by atoms with E-state index in [-0.39, 0.29) is 11.3 Å². The Hall–Kier alpha value is -0.380. The third kappa shape index (κ3) is 2.47. The maximum atomic E-state index is 11.9. The Morgan fingerprint density at radius 2 is 2.19 bits per heavy atom. The van der Waals surface area contributed by atoms with Gasteiger partial charge in [0, 0.05) is 33.7 Å². The lowest BCUT2D eigenvalue weighted by Crippen LogP contribution is -2.47. The largest absolute Gasteiger partial charge is 0.305 e. The molecule has 1 heterocycles. The van der Waals surface area contributed by atoms with Crippen LogP contribution in [0.1, 0.15) is 25.5 Å². The third-order valence-electron chi connectivity index (χ3n) is 2.97. The minimum absolute atomic E-state index is 0.134. The van der Waals surface area contributed by atoms with E-state index >= 15 is 0 Å². The lowest BCUT2D eigenvalue weighted by Gasteiger charge is -2.34. The first-order chi connectivity index (χ1) is 7.58. The molecule has 16 heavy (non-hydrogen) atoms. The van der Waals surface area contributed by atoms with Gasteiger partial charge in [-0.05, 0) is 31.5 Å². The topological polar surface area (TPSA) is 29.1 Å². The van der Waals surface area contributed by atoms with Crippen molar-refractivity contribution in [3.05, 3.63) is 34.9 Å². The molecule has 4 heteroatoms. The van der Waals surface area contributed by atoms with Crippen molar-refractivity contribution >= 4 is 22.4 Å². The Kier molecular flexibility index (Phi) is 3.67. The average molecular weight is 258 g/mol. The van der Waals surface area contributed by atoms with Crippen LogP contribution in [0.5, 0.6) is 0 Å². The molecule has 1 aromatic rings. The second kappa shape index (κ2) is 4.86. The van der Waals surface area contributed by atoms with Gasteiger partial charge in [0.1, 0.15) is 0 Å². The summed E-state index contributed by atoms with van der Waals surface area (Å²) in [7, 11) is -0.758. The molecular formula is C12H16ClNOS. The van der Waals surface area contributed by atoms with E-state index in [2.05, 4.69) is 12.2 Å². The summed E-state index contributed by atoms with van der Waals surface area (Å²) in [5.74, 6) is 0.734. The first-order valence-electron chi connectivity index (χ1n) is 5.46. The monoisotopic (exact) mass is 257 g/mol. The van der Waals surface area contributed by atoms with Gasteiger partial charge in [0.05, 0.1) is 5.25 Å². The van der Waals surface area contributed by atoms with Crippen LogP contribution in [0.2, 0.25) is 5.02 Å². The molecule has 1 fully saturated rings. The van der Waals surface area contributed by atoms with E-state index in [0.29, 0.717) is 6.04 Å². The molecule has 4 atom stereocenters. The van der Waals surface area contributed by atoms with E-state index in [1.165, 1.54) is 0 Å². The Bertz CT molecular complexity index is 410. The molecule has 0 aliphatic carbocycles. The van der Waals surface area contributed by atoms with Crippen LogP contribution in [0.3, 0.4) is 0 Å². The van der Waals surface area contributed by atoms with Crippen LogP contribution in [0.15, 0.2) is 24.3 Å². The fraction of sp³-hybridized carbons (Fsp3) is 0.500. The number of hydrogen-bond donors (Lipinski definition) is 1. The molecule has 0 radical (unpaired) electrons. The summed E-state index contributed by atoms with van der Waals surface area (Å²) in [5.41, 5.74) is 1.12. The van der Waals surface area contributed by atoms with Crippen molar-refractivity contribution in [3.8, 4) is 0 Å². The number of benzene rings is 1. The molecule has 1 N–H and O–H groups in total. The van der Waals surface area contributed by atoms with Crippen LogP contribution in [0.4, 0.5) is 0 Å². The van der Waals surface area contributed by atoms with Crippen LogP contribution in [0, 0.1) is 0 Å². The van der Waals surface area contributed by atoms with Gasteiger partial charge in [-0.25, -0.2) is 0 Å². The Labute approximate surface area is 104 Å². The third-order valence-corrected chi connectivity index (χ3v) is 5.14. The van der Waals surface area contributed by atoms with E-state index in [1.807, 2.05) is 31.2 Å². The summed E-state index contributed by atoms with van der Waals surface area (Å²) in [6, 6.07) is 8.22. The fourth-order valence-corrected chi connectivity index (χ4v) is 3.74. The molecule has 88 valence electrons. The standard InChI is InChI=1S/C12H16ClNOS/c1-8-7-16(15)9(2)12(14-8)10-4-3-5-11(13)6-10/h3-6,8-9,12,14H,7H2,1-2H3. The van der Waals surface area contributed by atoms with Crippen molar-refractivity contribution in [1.82, 2.24) is 5.32 Å². The van der Waals surface area contributed by atoms with E-state index in [4.69, 9.17) is 11.6 Å². The lowest BCUT2D eigenvalue weighted by atomic mass is 10.0. The van der Waals surface area contributed by atoms with Gasteiger partial charge in [-0.2, -0.15) is 0 Å². The maximum Gasteiger partial charge on any atom is 0.0515 e. The predicted octanol–water partition coefficient (Wildman–Crippen LogP) is 2.51. The Balaban J connectivity index is 2.28. The van der Waals surface area contributed by atoms with E-state index in [1.54, 1.807) is 0 Å². The highest BCUT2D eigenvalue weighted by atomic mass is 35.5. The van der Waals surface area contributed by atoms with Gasteiger partial charge >= 0.3 is 0 Å². The molecular weight excluding hydrogens is 242 g/mol. The Morgan fingerprint density at radius 1 is 1.44 bits per heavy atom. The van der Waals surface area contributed by atoms with Crippen molar-refractivity contribution in [2.24, 2.45) is 0 Å². The van der Waals surface area contributed by atoms with Crippen LogP contribution < -0.4 is 5.32 Å².